The molecule has 0 atom stereocenters. The van der Waals surface area contributed by atoms with Crippen molar-refractivity contribution in [2.75, 3.05) is 5.32 Å². The number of anilines is 1. The summed E-state index contributed by atoms with van der Waals surface area (Å²) in [6.07, 6.45) is 0.934. The van der Waals surface area contributed by atoms with E-state index in [0.29, 0.717) is 0 Å². The van der Waals surface area contributed by atoms with Crippen molar-refractivity contribution in [2.45, 2.75) is 33.7 Å². The van der Waals surface area contributed by atoms with Gasteiger partial charge in [-0.25, -0.2) is 0 Å². The molecule has 0 bridgehead atoms. The second kappa shape index (κ2) is 4.65. The molecule has 0 spiro atoms. The largest absolute Gasteiger partial charge is 0.466 e. The Morgan fingerprint density at radius 3 is 2.75 bits per heavy atom. The minimum Gasteiger partial charge on any atom is -0.466 e. The predicted molar refractivity (Wildman–Crippen MR) is 64.8 cm³/mol. The molecule has 4 nitrogen and oxygen atoms in total. The van der Waals surface area contributed by atoms with Crippen molar-refractivity contribution >= 4 is 16.5 Å². The third-order valence-corrected chi connectivity index (χ3v) is 3.37. The molecule has 0 saturated carbocycles. The Kier molecular flexibility index (Phi) is 3.24. The number of hydrogen-bond acceptors (Lipinski definition) is 5. The Morgan fingerprint density at radius 2 is 2.19 bits per heavy atom. The van der Waals surface area contributed by atoms with Crippen LogP contribution in [0.15, 0.2) is 10.5 Å². The topological polar surface area (TPSA) is 51.0 Å². The maximum absolute atomic E-state index is 5.46. The van der Waals surface area contributed by atoms with Gasteiger partial charge in [0.2, 0.25) is 5.13 Å². The summed E-state index contributed by atoms with van der Waals surface area (Å²) >= 11 is 1.60. The number of hydrogen-bond donors (Lipinski definition) is 1. The fraction of sp³-hybridized carbons (Fsp3) is 0.455. The number of aryl methyl sites for hydroxylation is 3. The molecule has 0 fully saturated rings. The summed E-state index contributed by atoms with van der Waals surface area (Å²) in [7, 11) is 0. The van der Waals surface area contributed by atoms with Gasteiger partial charge in [0, 0.05) is 12.1 Å². The zero-order valence-corrected chi connectivity index (χ0v) is 10.5. The highest BCUT2D eigenvalue weighted by molar-refractivity contribution is 7.15. The standard InChI is InChI=1S/C11H15N3OS/c1-4-10-13-14-11(16-10)12-6-9-5-7(2)15-8(9)3/h5H,4,6H2,1-3H3,(H,12,14). The lowest BCUT2D eigenvalue weighted by molar-refractivity contribution is 0.501. The van der Waals surface area contributed by atoms with Crippen LogP contribution >= 0.6 is 11.3 Å². The predicted octanol–water partition coefficient (Wildman–Crippen LogP) is 2.92. The summed E-state index contributed by atoms with van der Waals surface area (Å²) in [5.74, 6) is 1.91. The van der Waals surface area contributed by atoms with Gasteiger partial charge in [-0.3, -0.25) is 0 Å². The number of furan rings is 1. The Balaban J connectivity index is 1.99. The van der Waals surface area contributed by atoms with E-state index < -0.39 is 0 Å². The van der Waals surface area contributed by atoms with Gasteiger partial charge in [0.05, 0.1) is 0 Å². The van der Waals surface area contributed by atoms with Gasteiger partial charge in [0.1, 0.15) is 16.5 Å². The average Bonchev–Trinajstić information content (AvgIpc) is 2.82. The van der Waals surface area contributed by atoms with E-state index in [-0.39, 0.29) is 0 Å². The van der Waals surface area contributed by atoms with Crippen LogP contribution in [-0.4, -0.2) is 10.2 Å². The first-order valence-electron chi connectivity index (χ1n) is 5.31. The smallest absolute Gasteiger partial charge is 0.205 e. The molecule has 1 N–H and O–H groups in total. The highest BCUT2D eigenvalue weighted by Gasteiger charge is 2.06. The summed E-state index contributed by atoms with van der Waals surface area (Å²) in [4.78, 5) is 0. The molecule has 0 unspecified atom stereocenters. The lowest BCUT2D eigenvalue weighted by atomic mass is 10.2. The third-order valence-electron chi connectivity index (χ3n) is 2.34. The van der Waals surface area contributed by atoms with Crippen LogP contribution in [0.2, 0.25) is 0 Å². The maximum atomic E-state index is 5.46. The van der Waals surface area contributed by atoms with E-state index >= 15 is 0 Å². The van der Waals surface area contributed by atoms with Crippen molar-refractivity contribution in [1.82, 2.24) is 10.2 Å². The quantitative estimate of drug-likeness (QED) is 0.888. The van der Waals surface area contributed by atoms with E-state index in [0.717, 1.165) is 34.6 Å². The molecule has 5 heteroatoms. The van der Waals surface area contributed by atoms with Crippen LogP contribution in [0.4, 0.5) is 5.13 Å². The van der Waals surface area contributed by atoms with Gasteiger partial charge in [-0.2, -0.15) is 0 Å². The van der Waals surface area contributed by atoms with Crippen LogP contribution < -0.4 is 5.32 Å². The molecule has 2 aromatic heterocycles. The van der Waals surface area contributed by atoms with E-state index in [1.54, 1.807) is 11.3 Å². The van der Waals surface area contributed by atoms with Gasteiger partial charge < -0.3 is 9.73 Å². The van der Waals surface area contributed by atoms with Gasteiger partial charge in [0.15, 0.2) is 0 Å². The highest BCUT2D eigenvalue weighted by atomic mass is 32.1. The van der Waals surface area contributed by atoms with E-state index in [1.807, 2.05) is 19.9 Å². The lowest BCUT2D eigenvalue weighted by Crippen LogP contribution is -1.98. The van der Waals surface area contributed by atoms with Gasteiger partial charge in [0.25, 0.3) is 0 Å². The zero-order valence-electron chi connectivity index (χ0n) is 9.70. The first-order valence-corrected chi connectivity index (χ1v) is 6.13. The van der Waals surface area contributed by atoms with Crippen LogP contribution in [0, 0.1) is 13.8 Å². The molecule has 16 heavy (non-hydrogen) atoms. The molecule has 2 heterocycles. The highest BCUT2D eigenvalue weighted by Crippen LogP contribution is 2.18. The molecule has 0 amide bonds. The molecule has 86 valence electrons. The number of aromatic nitrogens is 2. The molecule has 0 saturated heterocycles. The van der Waals surface area contributed by atoms with Crippen LogP contribution in [0.1, 0.15) is 29.0 Å². The van der Waals surface area contributed by atoms with Gasteiger partial charge in [-0.05, 0) is 26.3 Å². The summed E-state index contributed by atoms with van der Waals surface area (Å²) in [5.41, 5.74) is 1.17. The minimum absolute atomic E-state index is 0.738. The SMILES string of the molecule is CCc1nnc(NCc2cc(C)oc2C)s1. The van der Waals surface area contributed by atoms with Crippen molar-refractivity contribution in [2.24, 2.45) is 0 Å². The number of nitrogens with zero attached hydrogens (tertiary/aromatic N) is 2. The Labute approximate surface area is 98.7 Å². The van der Waals surface area contributed by atoms with E-state index in [1.165, 1.54) is 5.56 Å². The minimum atomic E-state index is 0.738. The fourth-order valence-electron chi connectivity index (χ4n) is 1.50. The zero-order chi connectivity index (χ0) is 11.5. The van der Waals surface area contributed by atoms with Crippen molar-refractivity contribution in [1.29, 1.82) is 0 Å². The molecule has 0 radical (unpaired) electrons. The van der Waals surface area contributed by atoms with E-state index in [2.05, 4.69) is 22.4 Å². The molecule has 0 aromatic carbocycles. The average molecular weight is 237 g/mol. The normalized spacial score (nSPS) is 10.7. The molecule has 0 aliphatic heterocycles. The second-order valence-electron chi connectivity index (χ2n) is 3.65. The summed E-state index contributed by atoms with van der Waals surface area (Å²) < 4.78 is 5.46. The summed E-state index contributed by atoms with van der Waals surface area (Å²) in [6, 6.07) is 2.05. The molecule has 0 aliphatic carbocycles. The Morgan fingerprint density at radius 1 is 1.38 bits per heavy atom. The first-order chi connectivity index (χ1) is 7.69. The van der Waals surface area contributed by atoms with Crippen molar-refractivity contribution in [3.8, 4) is 0 Å². The molecule has 2 aromatic rings. The van der Waals surface area contributed by atoms with E-state index in [9.17, 15) is 0 Å². The monoisotopic (exact) mass is 237 g/mol. The van der Waals surface area contributed by atoms with Crippen LogP contribution in [0.5, 0.6) is 0 Å². The van der Waals surface area contributed by atoms with Crippen molar-refractivity contribution in [3.05, 3.63) is 28.2 Å². The molecular weight excluding hydrogens is 222 g/mol. The lowest BCUT2D eigenvalue weighted by Gasteiger charge is -1.99. The van der Waals surface area contributed by atoms with Gasteiger partial charge >= 0.3 is 0 Å². The van der Waals surface area contributed by atoms with Crippen LogP contribution in [0.3, 0.4) is 0 Å². The summed E-state index contributed by atoms with van der Waals surface area (Å²) in [6.45, 7) is 6.74. The first kappa shape index (κ1) is 11.1. The second-order valence-corrected chi connectivity index (χ2v) is 4.71. The molecular formula is C11H15N3OS. The number of nitrogens with one attached hydrogen (secondary N) is 1. The molecule has 2 rings (SSSR count). The van der Waals surface area contributed by atoms with Gasteiger partial charge in [-0.1, -0.05) is 18.3 Å². The van der Waals surface area contributed by atoms with E-state index in [4.69, 9.17) is 4.42 Å². The van der Waals surface area contributed by atoms with Crippen molar-refractivity contribution < 1.29 is 4.42 Å². The van der Waals surface area contributed by atoms with Gasteiger partial charge in [-0.15, -0.1) is 10.2 Å². The maximum Gasteiger partial charge on any atom is 0.205 e. The third kappa shape index (κ3) is 2.41. The molecule has 0 aliphatic rings. The van der Waals surface area contributed by atoms with Crippen molar-refractivity contribution in [3.63, 3.8) is 0 Å². The fourth-order valence-corrected chi connectivity index (χ4v) is 2.17. The number of rotatable bonds is 4. The van der Waals surface area contributed by atoms with Crippen LogP contribution in [0.25, 0.3) is 0 Å². The summed E-state index contributed by atoms with van der Waals surface area (Å²) in [5, 5.41) is 13.3. The Hall–Kier alpha value is -1.36. The van der Waals surface area contributed by atoms with Crippen LogP contribution in [-0.2, 0) is 13.0 Å². The Bertz CT molecular complexity index is 475.